The number of halogens is 1. The van der Waals surface area contributed by atoms with E-state index in [2.05, 4.69) is 15.0 Å². The second kappa shape index (κ2) is 7.92. The lowest BCUT2D eigenvalue weighted by molar-refractivity contribution is 0.273. The maximum Gasteiger partial charge on any atom is 0.318 e. The second-order valence-electron chi connectivity index (χ2n) is 5.83. The first kappa shape index (κ1) is 17.1. The zero-order valence-electron chi connectivity index (χ0n) is 14.4. The number of benzene rings is 1. The van der Waals surface area contributed by atoms with Crippen molar-refractivity contribution in [3.8, 4) is 11.8 Å². The van der Waals surface area contributed by atoms with E-state index >= 15 is 0 Å². The summed E-state index contributed by atoms with van der Waals surface area (Å²) in [4.78, 5) is 14.4. The average Bonchev–Trinajstić information content (AvgIpc) is 2.64. The first-order chi connectivity index (χ1) is 12.2. The Balaban J connectivity index is 1.76. The molecule has 0 N–H and O–H groups in total. The molecule has 0 radical (unpaired) electrons. The monoisotopic (exact) mass is 344 g/mol. The lowest BCUT2D eigenvalue weighted by atomic mass is 10.1. The van der Waals surface area contributed by atoms with Crippen molar-refractivity contribution in [1.82, 2.24) is 14.9 Å². The van der Waals surface area contributed by atoms with Crippen molar-refractivity contribution in [2.45, 2.75) is 25.9 Å². The third-order valence-electron chi connectivity index (χ3n) is 4.07. The van der Waals surface area contributed by atoms with E-state index in [0.717, 1.165) is 43.4 Å². The molecular formula is C18H21FN4O2. The maximum atomic E-state index is 14.0. The molecular weight excluding hydrogens is 323 g/mol. The van der Waals surface area contributed by atoms with Gasteiger partial charge in [-0.25, -0.2) is 14.4 Å². The van der Waals surface area contributed by atoms with Crippen molar-refractivity contribution in [3.63, 3.8) is 0 Å². The summed E-state index contributed by atoms with van der Waals surface area (Å²) in [5.74, 6) is 0.998. The summed E-state index contributed by atoms with van der Waals surface area (Å²) in [6, 6.07) is 7.60. The molecule has 1 aromatic heterocycles. The third kappa shape index (κ3) is 4.23. The standard InChI is InChI=1S/C18H21FN4O2/c1-23-10-6-5-9-16(23)21-17-14(19)11-20-18(22-17)25-12-13-7-3-4-8-15(13)24-2/h3-4,7-8,11H,5-6,9-10,12H2,1-2H3/b21-16+. The number of piperidine rings is 1. The molecule has 0 aliphatic carbocycles. The van der Waals surface area contributed by atoms with Gasteiger partial charge in [0.15, 0.2) is 11.6 Å². The highest BCUT2D eigenvalue weighted by atomic mass is 19.1. The molecule has 25 heavy (non-hydrogen) atoms. The van der Waals surface area contributed by atoms with Gasteiger partial charge in [-0.2, -0.15) is 4.98 Å². The largest absolute Gasteiger partial charge is 0.496 e. The summed E-state index contributed by atoms with van der Waals surface area (Å²) >= 11 is 0. The molecule has 7 heteroatoms. The van der Waals surface area contributed by atoms with Gasteiger partial charge in [0.05, 0.1) is 13.3 Å². The molecule has 0 unspecified atom stereocenters. The van der Waals surface area contributed by atoms with Crippen molar-refractivity contribution < 1.29 is 13.9 Å². The van der Waals surface area contributed by atoms with Crippen LogP contribution < -0.4 is 9.47 Å². The van der Waals surface area contributed by atoms with E-state index < -0.39 is 5.82 Å². The Labute approximate surface area is 146 Å². The molecule has 1 aromatic carbocycles. The molecule has 1 aliphatic rings. The number of ether oxygens (including phenoxy) is 2. The van der Waals surface area contributed by atoms with Gasteiger partial charge in [0.2, 0.25) is 0 Å². The van der Waals surface area contributed by atoms with Gasteiger partial charge in [0.25, 0.3) is 0 Å². The summed E-state index contributed by atoms with van der Waals surface area (Å²) < 4.78 is 24.9. The molecule has 132 valence electrons. The molecule has 0 spiro atoms. The van der Waals surface area contributed by atoms with E-state index in [-0.39, 0.29) is 18.4 Å². The normalized spacial score (nSPS) is 16.1. The molecule has 0 bridgehead atoms. The molecule has 0 atom stereocenters. The molecule has 1 aliphatic heterocycles. The van der Waals surface area contributed by atoms with E-state index in [0.29, 0.717) is 5.75 Å². The fourth-order valence-corrected chi connectivity index (χ4v) is 2.67. The van der Waals surface area contributed by atoms with Gasteiger partial charge in [0.1, 0.15) is 18.2 Å². The van der Waals surface area contributed by atoms with Crippen LogP contribution in [0.3, 0.4) is 0 Å². The minimum absolute atomic E-state index is 0.00813. The Morgan fingerprint density at radius 3 is 2.92 bits per heavy atom. The van der Waals surface area contributed by atoms with Crippen molar-refractivity contribution in [2.75, 3.05) is 20.7 Å². The van der Waals surface area contributed by atoms with Crippen LogP contribution in [-0.4, -0.2) is 41.4 Å². The van der Waals surface area contributed by atoms with Crippen LogP contribution in [0.5, 0.6) is 11.8 Å². The first-order valence-electron chi connectivity index (χ1n) is 8.23. The lowest BCUT2D eigenvalue weighted by Crippen LogP contribution is -2.31. The third-order valence-corrected chi connectivity index (χ3v) is 4.07. The van der Waals surface area contributed by atoms with Crippen LogP contribution in [0.2, 0.25) is 0 Å². The van der Waals surface area contributed by atoms with Crippen LogP contribution in [-0.2, 0) is 6.61 Å². The highest BCUT2D eigenvalue weighted by molar-refractivity contribution is 5.84. The van der Waals surface area contributed by atoms with Gasteiger partial charge < -0.3 is 14.4 Å². The van der Waals surface area contributed by atoms with Gasteiger partial charge in [0, 0.05) is 25.6 Å². The summed E-state index contributed by atoms with van der Waals surface area (Å²) in [6.45, 7) is 1.15. The van der Waals surface area contributed by atoms with Gasteiger partial charge in [-0.1, -0.05) is 18.2 Å². The minimum atomic E-state index is -0.559. The highest BCUT2D eigenvalue weighted by Crippen LogP contribution is 2.22. The minimum Gasteiger partial charge on any atom is -0.496 e. The Kier molecular flexibility index (Phi) is 5.42. The Bertz CT molecular complexity index is 766. The van der Waals surface area contributed by atoms with Gasteiger partial charge >= 0.3 is 6.01 Å². The van der Waals surface area contributed by atoms with Crippen molar-refractivity contribution in [3.05, 3.63) is 41.8 Å². The van der Waals surface area contributed by atoms with Crippen LogP contribution in [0.25, 0.3) is 0 Å². The Morgan fingerprint density at radius 1 is 1.28 bits per heavy atom. The second-order valence-corrected chi connectivity index (χ2v) is 5.83. The predicted octanol–water partition coefficient (Wildman–Crippen LogP) is 3.35. The fourth-order valence-electron chi connectivity index (χ4n) is 2.67. The number of rotatable bonds is 5. The number of hydrogen-bond acceptors (Lipinski definition) is 5. The van der Waals surface area contributed by atoms with Crippen LogP contribution >= 0.6 is 0 Å². The van der Waals surface area contributed by atoms with E-state index in [1.54, 1.807) is 7.11 Å². The van der Waals surface area contributed by atoms with Crippen LogP contribution in [0.4, 0.5) is 10.2 Å². The SMILES string of the molecule is COc1ccccc1COc1ncc(F)c(/N=C2\CCCCN2C)n1. The van der Waals surface area contributed by atoms with Gasteiger partial charge in [-0.3, -0.25) is 0 Å². The number of aliphatic imine (C=N–C) groups is 1. The number of hydrogen-bond donors (Lipinski definition) is 0. The number of methoxy groups -OCH3 is 1. The van der Waals surface area contributed by atoms with Crippen molar-refractivity contribution in [1.29, 1.82) is 0 Å². The molecule has 0 amide bonds. The smallest absolute Gasteiger partial charge is 0.318 e. The van der Waals surface area contributed by atoms with E-state index in [4.69, 9.17) is 9.47 Å². The zero-order chi connectivity index (χ0) is 17.6. The average molecular weight is 344 g/mol. The van der Waals surface area contributed by atoms with Gasteiger partial charge in [-0.15, -0.1) is 0 Å². The van der Waals surface area contributed by atoms with E-state index in [1.807, 2.05) is 36.2 Å². The number of para-hydroxylation sites is 1. The highest BCUT2D eigenvalue weighted by Gasteiger charge is 2.15. The summed E-state index contributed by atoms with van der Waals surface area (Å²) in [6.07, 6.45) is 4.08. The molecule has 2 aromatic rings. The number of nitrogens with zero attached hydrogens (tertiary/aromatic N) is 4. The van der Waals surface area contributed by atoms with Crippen LogP contribution in [0, 0.1) is 5.82 Å². The Morgan fingerprint density at radius 2 is 2.12 bits per heavy atom. The maximum absolute atomic E-state index is 14.0. The summed E-state index contributed by atoms with van der Waals surface area (Å²) in [7, 11) is 3.55. The van der Waals surface area contributed by atoms with Crippen LogP contribution in [0.15, 0.2) is 35.5 Å². The van der Waals surface area contributed by atoms with E-state index in [9.17, 15) is 4.39 Å². The predicted molar refractivity (Wildman–Crippen MR) is 92.9 cm³/mol. The molecule has 0 saturated carbocycles. The van der Waals surface area contributed by atoms with Gasteiger partial charge in [-0.05, 0) is 18.9 Å². The van der Waals surface area contributed by atoms with Crippen molar-refractivity contribution in [2.24, 2.45) is 4.99 Å². The fraction of sp³-hybridized carbons (Fsp3) is 0.389. The molecule has 6 nitrogen and oxygen atoms in total. The quantitative estimate of drug-likeness (QED) is 0.832. The summed E-state index contributed by atoms with van der Waals surface area (Å²) in [5, 5.41) is 0. The summed E-state index contributed by atoms with van der Waals surface area (Å²) in [5.41, 5.74) is 0.859. The topological polar surface area (TPSA) is 59.8 Å². The molecule has 1 saturated heterocycles. The molecule has 3 rings (SSSR count). The number of aromatic nitrogens is 2. The van der Waals surface area contributed by atoms with Crippen molar-refractivity contribution >= 4 is 11.7 Å². The van der Waals surface area contributed by atoms with E-state index in [1.165, 1.54) is 0 Å². The lowest BCUT2D eigenvalue weighted by Gasteiger charge is -2.25. The molecule has 1 fully saturated rings. The first-order valence-corrected chi connectivity index (χ1v) is 8.23. The zero-order valence-corrected chi connectivity index (χ0v) is 14.4. The number of amidine groups is 1. The number of likely N-dealkylation sites (tertiary alicyclic amines) is 1. The van der Waals surface area contributed by atoms with Crippen LogP contribution in [0.1, 0.15) is 24.8 Å². The molecule has 2 heterocycles. The Hall–Kier alpha value is -2.70.